The lowest BCUT2D eigenvalue weighted by Gasteiger charge is -2.27. The molecular formula is C23H25F2NO. The first kappa shape index (κ1) is 19.5. The quantitative estimate of drug-likeness (QED) is 0.598. The van der Waals surface area contributed by atoms with E-state index in [0.717, 1.165) is 28.0 Å². The van der Waals surface area contributed by atoms with Crippen molar-refractivity contribution in [2.24, 2.45) is 0 Å². The third-order valence-electron chi connectivity index (χ3n) is 4.95. The van der Waals surface area contributed by atoms with Gasteiger partial charge in [0.05, 0.1) is 6.10 Å². The minimum atomic E-state index is -0.832. The van der Waals surface area contributed by atoms with Crippen molar-refractivity contribution < 1.29 is 13.9 Å². The Morgan fingerprint density at radius 2 is 1.63 bits per heavy atom. The van der Waals surface area contributed by atoms with Gasteiger partial charge in [0.1, 0.15) is 0 Å². The molecule has 0 saturated carbocycles. The van der Waals surface area contributed by atoms with Gasteiger partial charge in [-0.25, -0.2) is 8.78 Å². The number of rotatable bonds is 7. The Hall–Kier alpha value is -2.30. The van der Waals surface area contributed by atoms with E-state index in [1.807, 2.05) is 42.5 Å². The Kier molecular flexibility index (Phi) is 6.19. The third-order valence-corrected chi connectivity index (χ3v) is 4.95. The molecule has 2 nitrogen and oxygen atoms in total. The summed E-state index contributed by atoms with van der Waals surface area (Å²) in [5.74, 6) is -1.66. The zero-order valence-electron chi connectivity index (χ0n) is 15.7. The first-order valence-electron chi connectivity index (χ1n) is 9.29. The highest BCUT2D eigenvalue weighted by atomic mass is 19.2. The first-order valence-corrected chi connectivity index (χ1v) is 9.29. The number of benzene rings is 3. The van der Waals surface area contributed by atoms with Gasteiger partial charge >= 0.3 is 0 Å². The molecule has 0 heterocycles. The second-order valence-corrected chi connectivity index (χ2v) is 7.22. The first-order chi connectivity index (χ1) is 12.9. The lowest BCUT2D eigenvalue weighted by molar-refractivity contribution is 0.127. The Labute approximate surface area is 159 Å². The van der Waals surface area contributed by atoms with Crippen molar-refractivity contribution in [2.45, 2.75) is 39.0 Å². The van der Waals surface area contributed by atoms with Crippen LogP contribution in [0.15, 0.2) is 60.7 Å². The monoisotopic (exact) mass is 369 g/mol. The van der Waals surface area contributed by atoms with Gasteiger partial charge in [0.2, 0.25) is 0 Å². The summed E-state index contributed by atoms with van der Waals surface area (Å²) in [6.45, 7) is 5.29. The predicted octanol–water partition coefficient (Wildman–Crippen LogP) is 5.45. The highest BCUT2D eigenvalue weighted by molar-refractivity contribution is 5.83. The summed E-state index contributed by atoms with van der Waals surface area (Å²) in [4.78, 5) is 2.15. The van der Waals surface area contributed by atoms with Crippen molar-refractivity contribution in [3.63, 3.8) is 0 Å². The van der Waals surface area contributed by atoms with Gasteiger partial charge < -0.3 is 5.11 Å². The molecule has 3 aromatic rings. The fourth-order valence-corrected chi connectivity index (χ4v) is 3.26. The van der Waals surface area contributed by atoms with E-state index in [4.69, 9.17) is 0 Å². The lowest BCUT2D eigenvalue weighted by Crippen LogP contribution is -2.32. The summed E-state index contributed by atoms with van der Waals surface area (Å²) in [7, 11) is 0. The van der Waals surface area contributed by atoms with Crippen molar-refractivity contribution in [1.82, 2.24) is 4.90 Å². The van der Waals surface area contributed by atoms with E-state index in [2.05, 4.69) is 18.7 Å². The van der Waals surface area contributed by atoms with Gasteiger partial charge in [-0.1, -0.05) is 42.5 Å². The molecule has 4 heteroatoms. The summed E-state index contributed by atoms with van der Waals surface area (Å²) in [6.07, 6.45) is 0.000946. The SMILES string of the molecule is CC(C)N(CCC(O)c1ccc2ccccc2c1)Cc1ccc(F)c(F)c1. The maximum absolute atomic E-state index is 13.5. The van der Waals surface area contributed by atoms with Crippen LogP contribution in [0.2, 0.25) is 0 Å². The molecule has 0 fully saturated rings. The van der Waals surface area contributed by atoms with Crippen LogP contribution >= 0.6 is 0 Å². The maximum atomic E-state index is 13.5. The average Bonchev–Trinajstić information content (AvgIpc) is 2.67. The molecule has 1 atom stereocenters. The van der Waals surface area contributed by atoms with Gasteiger partial charge in [-0.15, -0.1) is 0 Å². The zero-order chi connectivity index (χ0) is 19.4. The number of aliphatic hydroxyl groups is 1. The highest BCUT2D eigenvalue weighted by Gasteiger charge is 2.15. The van der Waals surface area contributed by atoms with E-state index in [-0.39, 0.29) is 6.04 Å². The van der Waals surface area contributed by atoms with Crippen LogP contribution in [0, 0.1) is 11.6 Å². The normalized spacial score (nSPS) is 12.9. The number of nitrogens with zero attached hydrogens (tertiary/aromatic N) is 1. The van der Waals surface area contributed by atoms with E-state index in [1.165, 1.54) is 6.07 Å². The van der Waals surface area contributed by atoms with Crippen molar-refractivity contribution in [3.05, 3.63) is 83.4 Å². The van der Waals surface area contributed by atoms with E-state index < -0.39 is 17.7 Å². The number of halogens is 2. The fraction of sp³-hybridized carbons (Fsp3) is 0.304. The van der Waals surface area contributed by atoms with E-state index in [9.17, 15) is 13.9 Å². The summed E-state index contributed by atoms with van der Waals surface area (Å²) >= 11 is 0. The zero-order valence-corrected chi connectivity index (χ0v) is 15.7. The van der Waals surface area contributed by atoms with Crippen LogP contribution in [0.3, 0.4) is 0 Å². The fourth-order valence-electron chi connectivity index (χ4n) is 3.26. The summed E-state index contributed by atoms with van der Waals surface area (Å²) in [5.41, 5.74) is 1.62. The molecule has 0 amide bonds. The number of hydrogen-bond acceptors (Lipinski definition) is 2. The smallest absolute Gasteiger partial charge is 0.159 e. The molecule has 0 saturated heterocycles. The molecule has 1 unspecified atom stereocenters. The highest BCUT2D eigenvalue weighted by Crippen LogP contribution is 2.23. The van der Waals surface area contributed by atoms with Crippen molar-refractivity contribution >= 4 is 10.8 Å². The van der Waals surface area contributed by atoms with Crippen LogP contribution in [-0.4, -0.2) is 22.6 Å². The van der Waals surface area contributed by atoms with E-state index >= 15 is 0 Å². The minimum absolute atomic E-state index is 0.224. The van der Waals surface area contributed by atoms with Crippen LogP contribution in [0.5, 0.6) is 0 Å². The molecule has 27 heavy (non-hydrogen) atoms. The van der Waals surface area contributed by atoms with Crippen molar-refractivity contribution in [3.8, 4) is 0 Å². The van der Waals surface area contributed by atoms with E-state index in [1.54, 1.807) is 6.07 Å². The molecule has 142 valence electrons. The third kappa shape index (κ3) is 4.90. The average molecular weight is 369 g/mol. The maximum Gasteiger partial charge on any atom is 0.159 e. The summed E-state index contributed by atoms with van der Waals surface area (Å²) < 4.78 is 26.6. The predicted molar refractivity (Wildman–Crippen MR) is 105 cm³/mol. The minimum Gasteiger partial charge on any atom is -0.388 e. The second kappa shape index (κ2) is 8.59. The Bertz CT molecular complexity index is 910. The number of hydrogen-bond donors (Lipinski definition) is 1. The molecule has 0 aromatic heterocycles. The molecule has 3 rings (SSSR count). The standard InChI is InChI=1S/C23H25F2NO/c1-16(2)26(15-17-7-10-21(24)22(25)13-17)12-11-23(27)20-9-8-18-5-3-4-6-19(18)14-20/h3-10,13-14,16,23,27H,11-12,15H2,1-2H3. The van der Waals surface area contributed by atoms with E-state index in [0.29, 0.717) is 19.5 Å². The van der Waals surface area contributed by atoms with Gasteiger partial charge in [-0.3, -0.25) is 4.90 Å². The molecule has 0 radical (unpaired) electrons. The molecule has 3 aromatic carbocycles. The molecule has 0 aliphatic heterocycles. The van der Waals surface area contributed by atoms with Gasteiger partial charge in [-0.2, -0.15) is 0 Å². The van der Waals surface area contributed by atoms with Crippen LogP contribution in [0.4, 0.5) is 8.78 Å². The summed E-state index contributed by atoms with van der Waals surface area (Å²) in [5, 5.41) is 12.9. The van der Waals surface area contributed by atoms with Gasteiger partial charge in [0.25, 0.3) is 0 Å². The van der Waals surface area contributed by atoms with Gasteiger partial charge in [0, 0.05) is 19.1 Å². The second-order valence-electron chi connectivity index (χ2n) is 7.22. The molecular weight excluding hydrogens is 344 g/mol. The topological polar surface area (TPSA) is 23.5 Å². The number of aliphatic hydroxyl groups excluding tert-OH is 1. The van der Waals surface area contributed by atoms with Crippen LogP contribution in [0.25, 0.3) is 10.8 Å². The molecule has 1 N–H and O–H groups in total. The lowest BCUT2D eigenvalue weighted by atomic mass is 10.0. The number of fused-ring (bicyclic) bond motifs is 1. The van der Waals surface area contributed by atoms with Crippen molar-refractivity contribution in [1.29, 1.82) is 0 Å². The Morgan fingerprint density at radius 1 is 0.889 bits per heavy atom. The van der Waals surface area contributed by atoms with Gasteiger partial charge in [-0.05, 0) is 60.4 Å². The molecule has 0 aliphatic carbocycles. The molecule has 0 aliphatic rings. The largest absolute Gasteiger partial charge is 0.388 e. The van der Waals surface area contributed by atoms with Crippen molar-refractivity contribution in [2.75, 3.05) is 6.54 Å². The Balaban J connectivity index is 1.66. The van der Waals surface area contributed by atoms with Crippen LogP contribution in [0.1, 0.15) is 37.5 Å². The molecule has 0 spiro atoms. The Morgan fingerprint density at radius 3 is 2.33 bits per heavy atom. The molecule has 0 bridgehead atoms. The van der Waals surface area contributed by atoms with Crippen LogP contribution < -0.4 is 0 Å². The van der Waals surface area contributed by atoms with Crippen LogP contribution in [-0.2, 0) is 6.54 Å². The van der Waals surface area contributed by atoms with Gasteiger partial charge in [0.15, 0.2) is 11.6 Å². The summed E-state index contributed by atoms with van der Waals surface area (Å²) in [6, 6.07) is 18.3.